The summed E-state index contributed by atoms with van der Waals surface area (Å²) in [5.74, 6) is -0.501. The van der Waals surface area contributed by atoms with Gasteiger partial charge in [-0.15, -0.1) is 0 Å². The molecule has 1 N–H and O–H groups in total. The number of amides is 3. The maximum absolute atomic E-state index is 14.1. The molecule has 222 valence electrons. The van der Waals surface area contributed by atoms with E-state index in [4.69, 9.17) is 23.2 Å². The average Bonchev–Trinajstić information content (AvgIpc) is 3.28. The first-order chi connectivity index (χ1) is 20.8. The highest BCUT2D eigenvalue weighted by Gasteiger charge is 2.33. The Labute approximate surface area is 262 Å². The van der Waals surface area contributed by atoms with Gasteiger partial charge in [0, 0.05) is 58.5 Å². The highest BCUT2D eigenvalue weighted by Crippen LogP contribution is 2.37. The fraction of sp³-hybridized carbons (Fsp3) is 0.286. The Morgan fingerprint density at radius 3 is 2.28 bits per heavy atom. The van der Waals surface area contributed by atoms with Crippen LogP contribution in [-0.4, -0.2) is 41.2 Å². The summed E-state index contributed by atoms with van der Waals surface area (Å²) in [7, 11) is 0. The van der Waals surface area contributed by atoms with Gasteiger partial charge in [-0.25, -0.2) is 0 Å². The number of anilines is 1. The van der Waals surface area contributed by atoms with Crippen molar-refractivity contribution in [3.05, 3.63) is 112 Å². The van der Waals surface area contributed by atoms with Crippen molar-refractivity contribution in [2.75, 3.05) is 11.4 Å². The highest BCUT2D eigenvalue weighted by molar-refractivity contribution is 6.36. The molecule has 43 heavy (non-hydrogen) atoms. The number of nitrogens with one attached hydrogen (secondary N) is 1. The van der Waals surface area contributed by atoms with Gasteiger partial charge < -0.3 is 15.1 Å². The number of benzene rings is 4. The predicted octanol–water partition coefficient (Wildman–Crippen LogP) is 7.44. The zero-order valence-electron chi connectivity index (χ0n) is 24.4. The van der Waals surface area contributed by atoms with Gasteiger partial charge in [0.1, 0.15) is 6.04 Å². The van der Waals surface area contributed by atoms with E-state index in [0.29, 0.717) is 40.6 Å². The minimum absolute atomic E-state index is 0.0582. The van der Waals surface area contributed by atoms with Crippen LogP contribution in [-0.2, 0) is 22.6 Å². The third-order valence-electron chi connectivity index (χ3n) is 8.08. The van der Waals surface area contributed by atoms with Crippen molar-refractivity contribution in [1.82, 2.24) is 10.2 Å². The van der Waals surface area contributed by atoms with Crippen molar-refractivity contribution in [2.45, 2.75) is 58.2 Å². The zero-order chi connectivity index (χ0) is 30.5. The van der Waals surface area contributed by atoms with Crippen molar-refractivity contribution in [3.63, 3.8) is 0 Å². The Balaban J connectivity index is 1.41. The predicted molar refractivity (Wildman–Crippen MR) is 174 cm³/mol. The Hall–Kier alpha value is -3.87. The number of carbonyl (C=O) groups is 3. The van der Waals surface area contributed by atoms with Gasteiger partial charge in [0.25, 0.3) is 5.91 Å². The van der Waals surface area contributed by atoms with Crippen molar-refractivity contribution < 1.29 is 14.4 Å². The summed E-state index contributed by atoms with van der Waals surface area (Å²) < 4.78 is 0. The zero-order valence-corrected chi connectivity index (χ0v) is 25.9. The van der Waals surface area contributed by atoms with E-state index >= 15 is 0 Å². The van der Waals surface area contributed by atoms with Crippen molar-refractivity contribution in [1.29, 1.82) is 0 Å². The first kappa shape index (κ1) is 30.6. The van der Waals surface area contributed by atoms with Crippen LogP contribution in [0.3, 0.4) is 0 Å². The number of hydrogen-bond acceptors (Lipinski definition) is 3. The number of nitrogens with zero attached hydrogens (tertiary/aromatic N) is 2. The molecule has 0 fully saturated rings. The first-order valence-corrected chi connectivity index (χ1v) is 15.4. The van der Waals surface area contributed by atoms with Gasteiger partial charge in [0.15, 0.2) is 0 Å². The lowest BCUT2D eigenvalue weighted by molar-refractivity contribution is -0.141. The van der Waals surface area contributed by atoms with Crippen molar-refractivity contribution >= 4 is 57.4 Å². The van der Waals surface area contributed by atoms with Gasteiger partial charge in [0.2, 0.25) is 11.8 Å². The molecule has 4 aromatic carbocycles. The largest absolute Gasteiger partial charge is 0.352 e. The maximum Gasteiger partial charge on any atom is 0.258 e. The Morgan fingerprint density at radius 1 is 0.907 bits per heavy atom. The summed E-state index contributed by atoms with van der Waals surface area (Å²) in [4.78, 5) is 44.5. The van der Waals surface area contributed by atoms with Crippen LogP contribution in [0.15, 0.2) is 84.9 Å². The van der Waals surface area contributed by atoms with E-state index in [9.17, 15) is 14.4 Å². The molecule has 0 unspecified atom stereocenters. The normalized spacial score (nSPS) is 13.7. The van der Waals surface area contributed by atoms with Crippen LogP contribution >= 0.6 is 23.2 Å². The molecule has 0 spiro atoms. The van der Waals surface area contributed by atoms with Crippen LogP contribution in [0, 0.1) is 0 Å². The van der Waals surface area contributed by atoms with Crippen molar-refractivity contribution in [3.8, 4) is 0 Å². The second kappa shape index (κ2) is 13.6. The Morgan fingerprint density at radius 2 is 1.58 bits per heavy atom. The summed E-state index contributed by atoms with van der Waals surface area (Å²) in [5.41, 5.74) is 3.06. The van der Waals surface area contributed by atoms with Gasteiger partial charge in [-0.05, 0) is 55.0 Å². The van der Waals surface area contributed by atoms with E-state index in [-0.39, 0.29) is 36.7 Å². The molecule has 0 radical (unpaired) electrons. The van der Waals surface area contributed by atoms with Gasteiger partial charge in [-0.3, -0.25) is 14.4 Å². The average molecular weight is 617 g/mol. The summed E-state index contributed by atoms with van der Waals surface area (Å²) in [5, 5.41) is 5.90. The molecule has 0 aliphatic carbocycles. The second-order valence-corrected chi connectivity index (χ2v) is 11.8. The molecule has 1 aliphatic heterocycles. The topological polar surface area (TPSA) is 69.7 Å². The standard InChI is InChI=1S/C35H35Cl2N3O3/c1-3-23(2)38-34(42)31(21-24-11-5-4-6-12-24)40(22-27-28(36)16-9-17-29(27)37)32(41)19-10-20-39-30-18-8-14-25-13-7-15-26(33(25)30)35(39)43/h4-9,11-18,23,31H,3,10,19-22H2,1-2H3,(H,38,42)/t23-,31-/m0/s1. The van der Waals surface area contributed by atoms with E-state index in [1.807, 2.05) is 80.6 Å². The molecule has 5 rings (SSSR count). The number of rotatable bonds is 12. The van der Waals surface area contributed by atoms with E-state index < -0.39 is 6.04 Å². The van der Waals surface area contributed by atoms with E-state index in [0.717, 1.165) is 28.4 Å². The van der Waals surface area contributed by atoms with E-state index in [2.05, 4.69) is 5.32 Å². The smallest absolute Gasteiger partial charge is 0.258 e. The van der Waals surface area contributed by atoms with Gasteiger partial charge in [-0.2, -0.15) is 0 Å². The minimum atomic E-state index is -0.789. The molecule has 4 aromatic rings. The third kappa shape index (κ3) is 6.71. The second-order valence-electron chi connectivity index (χ2n) is 11.0. The summed E-state index contributed by atoms with van der Waals surface area (Å²) in [6, 6.07) is 25.6. The number of hydrogen-bond donors (Lipinski definition) is 1. The van der Waals surface area contributed by atoms with Crippen molar-refractivity contribution in [2.24, 2.45) is 0 Å². The SMILES string of the molecule is CC[C@H](C)NC(=O)[C@H](Cc1ccccc1)N(Cc1c(Cl)cccc1Cl)C(=O)CCCN1C(=O)c2cccc3cccc1c23. The Kier molecular flexibility index (Phi) is 9.69. The molecule has 6 nitrogen and oxygen atoms in total. The van der Waals surface area contributed by atoms with Gasteiger partial charge in [-0.1, -0.05) is 90.8 Å². The van der Waals surface area contributed by atoms with Crippen LogP contribution in [0.5, 0.6) is 0 Å². The summed E-state index contributed by atoms with van der Waals surface area (Å²) in [6.45, 7) is 4.40. The molecule has 0 aromatic heterocycles. The molecule has 1 aliphatic rings. The number of halogens is 2. The molecule has 0 bridgehead atoms. The number of carbonyl (C=O) groups excluding carboxylic acids is 3. The van der Waals surface area contributed by atoms with E-state index in [1.54, 1.807) is 28.0 Å². The van der Waals surface area contributed by atoms with Crippen LogP contribution in [0.1, 0.15) is 54.6 Å². The van der Waals surface area contributed by atoms with E-state index in [1.165, 1.54) is 0 Å². The van der Waals surface area contributed by atoms with Gasteiger partial charge in [0.05, 0.1) is 5.69 Å². The Bertz CT molecular complexity index is 1620. The van der Waals surface area contributed by atoms with Gasteiger partial charge >= 0.3 is 0 Å². The molecule has 2 atom stereocenters. The van der Waals surface area contributed by atoms with Crippen LogP contribution in [0.25, 0.3) is 10.8 Å². The quantitative estimate of drug-likeness (QED) is 0.180. The molecule has 8 heteroatoms. The first-order valence-electron chi connectivity index (χ1n) is 14.7. The van der Waals surface area contributed by atoms with Crippen LogP contribution in [0.2, 0.25) is 10.0 Å². The molecule has 0 saturated carbocycles. The summed E-state index contributed by atoms with van der Waals surface area (Å²) >= 11 is 13.1. The fourth-order valence-corrected chi connectivity index (χ4v) is 6.10. The third-order valence-corrected chi connectivity index (χ3v) is 8.79. The summed E-state index contributed by atoms with van der Waals surface area (Å²) in [6.07, 6.45) is 1.65. The fourth-order valence-electron chi connectivity index (χ4n) is 5.58. The highest BCUT2D eigenvalue weighted by atomic mass is 35.5. The molecule has 0 saturated heterocycles. The minimum Gasteiger partial charge on any atom is -0.352 e. The van der Waals surface area contributed by atoms with Crippen LogP contribution < -0.4 is 10.2 Å². The monoisotopic (exact) mass is 615 g/mol. The lowest BCUT2D eigenvalue weighted by Crippen LogP contribution is -2.52. The molecule has 1 heterocycles. The van der Waals surface area contributed by atoms with Crippen LogP contribution in [0.4, 0.5) is 5.69 Å². The molecule has 3 amide bonds. The maximum atomic E-state index is 14.1. The molecular formula is C35H35Cl2N3O3. The lowest BCUT2D eigenvalue weighted by Gasteiger charge is -2.33. The molecular weight excluding hydrogens is 581 g/mol. The lowest BCUT2D eigenvalue weighted by atomic mass is 10.0.